The molecule has 5 nitrogen and oxygen atoms in total. The highest BCUT2D eigenvalue weighted by atomic mass is 32.1. The van der Waals surface area contributed by atoms with Gasteiger partial charge in [0.05, 0.1) is 27.8 Å². The van der Waals surface area contributed by atoms with Gasteiger partial charge in [0.15, 0.2) is 11.6 Å². The lowest BCUT2D eigenvalue weighted by molar-refractivity contribution is 0.954. The molecule has 11 aromatic carbocycles. The molecule has 0 saturated carbocycles. The molecule has 0 unspecified atom stereocenters. The molecule has 4 heterocycles. The molecule has 0 aliphatic carbocycles. The topological polar surface area (TPSA) is 48.5 Å². The zero-order valence-corrected chi connectivity index (χ0v) is 37.8. The largest absolute Gasteiger partial charge is 0.306 e. The summed E-state index contributed by atoms with van der Waals surface area (Å²) in [5.74, 6) is 1.78. The average molecular weight is 896 g/mol. The first-order valence-corrected chi connectivity index (χ1v) is 24.2. The van der Waals surface area contributed by atoms with Crippen LogP contribution >= 0.6 is 11.3 Å². The number of para-hydroxylation sites is 2. The molecule has 0 saturated heterocycles. The maximum atomic E-state index is 5.55. The van der Waals surface area contributed by atoms with Crippen molar-refractivity contribution in [2.24, 2.45) is 0 Å². The van der Waals surface area contributed by atoms with Gasteiger partial charge >= 0.3 is 0 Å². The second-order valence-electron chi connectivity index (χ2n) is 17.9. The molecule has 0 aliphatic heterocycles. The highest BCUT2D eigenvalue weighted by Gasteiger charge is 2.26. The fourth-order valence-electron chi connectivity index (χ4n) is 11.2. The number of nitrogens with zero attached hydrogens (tertiary/aromatic N) is 5. The van der Waals surface area contributed by atoms with Crippen LogP contribution in [0.4, 0.5) is 0 Å². The number of thiophene rings is 1. The van der Waals surface area contributed by atoms with Crippen molar-refractivity contribution in [3.63, 3.8) is 0 Å². The van der Waals surface area contributed by atoms with Gasteiger partial charge in [-0.2, -0.15) is 9.97 Å². The fourth-order valence-corrected chi connectivity index (χ4v) is 12.4. The fraction of sp³-hybridized carbons (Fsp3) is 0. The number of fused-ring (bicyclic) bond motifs is 16. The molecule has 0 N–H and O–H groups in total. The van der Waals surface area contributed by atoms with E-state index in [2.05, 4.69) is 215 Å². The summed E-state index contributed by atoms with van der Waals surface area (Å²) >= 11 is 1.87. The summed E-state index contributed by atoms with van der Waals surface area (Å²) in [7, 11) is 0. The van der Waals surface area contributed by atoms with Gasteiger partial charge in [-0.1, -0.05) is 194 Å². The van der Waals surface area contributed by atoms with Gasteiger partial charge in [0.1, 0.15) is 0 Å². The van der Waals surface area contributed by atoms with Gasteiger partial charge in [0.2, 0.25) is 5.95 Å². The molecular formula is C63H37N5S. The third kappa shape index (κ3) is 5.61. The van der Waals surface area contributed by atoms with Crippen molar-refractivity contribution in [2.75, 3.05) is 0 Å². The van der Waals surface area contributed by atoms with Crippen molar-refractivity contribution in [3.05, 3.63) is 224 Å². The van der Waals surface area contributed by atoms with Gasteiger partial charge in [-0.25, -0.2) is 4.98 Å². The van der Waals surface area contributed by atoms with Crippen LogP contribution in [-0.4, -0.2) is 24.1 Å². The molecule has 0 radical (unpaired) electrons. The Morgan fingerprint density at radius 1 is 0.319 bits per heavy atom. The molecule has 6 heteroatoms. The first-order chi connectivity index (χ1) is 34.2. The minimum absolute atomic E-state index is 0.559. The summed E-state index contributed by atoms with van der Waals surface area (Å²) in [6, 6.07) is 80.8. The maximum absolute atomic E-state index is 5.55. The summed E-state index contributed by atoms with van der Waals surface area (Å²) < 4.78 is 7.34. The summed E-state index contributed by atoms with van der Waals surface area (Å²) in [6.45, 7) is 0. The van der Waals surface area contributed by atoms with E-state index in [9.17, 15) is 0 Å². The molecule has 69 heavy (non-hydrogen) atoms. The maximum Gasteiger partial charge on any atom is 0.238 e. The molecule has 320 valence electrons. The van der Waals surface area contributed by atoms with Crippen LogP contribution in [0.5, 0.6) is 0 Å². The Morgan fingerprint density at radius 2 is 0.797 bits per heavy atom. The molecule has 15 rings (SSSR count). The Kier molecular flexibility index (Phi) is 8.17. The van der Waals surface area contributed by atoms with Crippen molar-refractivity contribution in [1.82, 2.24) is 24.1 Å². The van der Waals surface area contributed by atoms with E-state index in [1.807, 2.05) is 29.5 Å². The van der Waals surface area contributed by atoms with Crippen molar-refractivity contribution >= 4 is 107 Å². The van der Waals surface area contributed by atoms with Crippen LogP contribution in [0.3, 0.4) is 0 Å². The minimum Gasteiger partial charge on any atom is -0.306 e. The number of benzene rings is 11. The van der Waals surface area contributed by atoms with E-state index in [-0.39, 0.29) is 0 Å². The van der Waals surface area contributed by atoms with Gasteiger partial charge in [-0.15, -0.1) is 11.3 Å². The highest BCUT2D eigenvalue weighted by Crippen LogP contribution is 2.47. The van der Waals surface area contributed by atoms with E-state index in [0.717, 1.165) is 55.0 Å². The molecule has 0 amide bonds. The van der Waals surface area contributed by atoms with Crippen LogP contribution in [0.15, 0.2) is 224 Å². The van der Waals surface area contributed by atoms with Gasteiger partial charge in [0, 0.05) is 52.8 Å². The smallest absolute Gasteiger partial charge is 0.238 e. The zero-order chi connectivity index (χ0) is 45.2. The van der Waals surface area contributed by atoms with E-state index in [0.29, 0.717) is 17.6 Å². The molecular weight excluding hydrogens is 859 g/mol. The first-order valence-electron chi connectivity index (χ1n) is 23.4. The Balaban J connectivity index is 1.07. The number of rotatable bonds is 5. The van der Waals surface area contributed by atoms with Crippen molar-refractivity contribution in [1.29, 1.82) is 0 Å². The lowest BCUT2D eigenvalue weighted by Gasteiger charge is -2.15. The van der Waals surface area contributed by atoms with Crippen molar-refractivity contribution in [3.8, 4) is 45.5 Å². The SMILES string of the molecule is c1ccc(-c2nc(-c3ccc4c5ccccc5c5ccccc5c4c3)nc(-n3c4ccccc4c4ccc5c6ccccc6n(-c6ccc(-c7ccccc7)c7sc8ccccc8c67)c5c43)n2)cc1. The van der Waals surface area contributed by atoms with E-state index in [1.54, 1.807) is 0 Å². The Hall–Kier alpha value is -8.97. The predicted molar refractivity (Wildman–Crippen MR) is 290 cm³/mol. The second kappa shape index (κ2) is 14.8. The van der Waals surface area contributed by atoms with Crippen LogP contribution in [-0.2, 0) is 0 Å². The number of hydrogen-bond donors (Lipinski definition) is 0. The number of aromatic nitrogens is 5. The van der Waals surface area contributed by atoms with Crippen LogP contribution in [0.2, 0.25) is 0 Å². The normalized spacial score (nSPS) is 12.1. The van der Waals surface area contributed by atoms with Gasteiger partial charge in [0.25, 0.3) is 0 Å². The summed E-state index contributed by atoms with van der Waals surface area (Å²) in [6.07, 6.45) is 0. The standard InChI is InChI=1S/C63H37N5S/c1-3-17-38(18-4-1)41-35-36-55(57-51-27-13-16-30-56(51)69-60(41)57)67-53-28-14-11-25-47(53)49-33-34-50-48-26-12-15-29-54(48)68(59(50)58(49)67)63-65-61(39-19-5-2-6-20-39)64-62(66-63)40-31-32-46-44-23-8-7-21-42(44)43-22-9-10-24-45(43)52(46)37-40/h1-37H. The second-order valence-corrected chi connectivity index (χ2v) is 18.9. The molecule has 4 aromatic heterocycles. The summed E-state index contributed by atoms with van der Waals surface area (Å²) in [4.78, 5) is 16.3. The number of hydrogen-bond acceptors (Lipinski definition) is 4. The third-order valence-corrected chi connectivity index (χ3v) is 15.4. The van der Waals surface area contributed by atoms with E-state index in [1.165, 1.54) is 69.0 Å². The van der Waals surface area contributed by atoms with Crippen molar-refractivity contribution < 1.29 is 0 Å². The van der Waals surface area contributed by atoms with Crippen LogP contribution in [0.1, 0.15) is 0 Å². The van der Waals surface area contributed by atoms with E-state index in [4.69, 9.17) is 15.0 Å². The van der Waals surface area contributed by atoms with Crippen LogP contribution < -0.4 is 0 Å². The average Bonchev–Trinajstić information content (AvgIpc) is 4.09. The van der Waals surface area contributed by atoms with Crippen molar-refractivity contribution in [2.45, 2.75) is 0 Å². The monoisotopic (exact) mass is 895 g/mol. The third-order valence-electron chi connectivity index (χ3n) is 14.2. The van der Waals surface area contributed by atoms with Gasteiger partial charge < -0.3 is 4.57 Å². The van der Waals surface area contributed by atoms with Crippen LogP contribution in [0, 0.1) is 0 Å². The Labute approximate surface area is 399 Å². The quantitative estimate of drug-likeness (QED) is 0.162. The molecule has 0 atom stereocenters. The molecule has 15 aromatic rings. The lowest BCUT2D eigenvalue weighted by atomic mass is 9.93. The lowest BCUT2D eigenvalue weighted by Crippen LogP contribution is -2.07. The zero-order valence-electron chi connectivity index (χ0n) is 37.0. The van der Waals surface area contributed by atoms with Gasteiger partial charge in [-0.3, -0.25) is 4.57 Å². The molecule has 0 spiro atoms. The summed E-state index contributed by atoms with van der Waals surface area (Å²) in [5, 5.41) is 14.4. The molecule has 0 aliphatic rings. The Bertz CT molecular complexity index is 4570. The predicted octanol–water partition coefficient (Wildman–Crippen LogP) is 16.9. The minimum atomic E-state index is 0.559. The Morgan fingerprint density at radius 3 is 1.45 bits per heavy atom. The van der Waals surface area contributed by atoms with Gasteiger partial charge in [-0.05, 0) is 73.8 Å². The first kappa shape index (κ1) is 38.2. The highest BCUT2D eigenvalue weighted by molar-refractivity contribution is 7.26. The molecule has 0 fully saturated rings. The van der Waals surface area contributed by atoms with Crippen LogP contribution in [0.25, 0.3) is 142 Å². The van der Waals surface area contributed by atoms with E-state index < -0.39 is 0 Å². The summed E-state index contributed by atoms with van der Waals surface area (Å²) in [5.41, 5.74) is 9.72. The molecule has 0 bridgehead atoms. The van der Waals surface area contributed by atoms with E-state index >= 15 is 0 Å².